The third kappa shape index (κ3) is 7.21. The van der Waals surface area contributed by atoms with Crippen LogP contribution < -0.4 is 5.32 Å². The molecular formula is C17H34IN3O3S. The highest BCUT2D eigenvalue weighted by atomic mass is 127. The molecule has 1 atom stereocenters. The van der Waals surface area contributed by atoms with Crippen LogP contribution in [0.2, 0.25) is 0 Å². The molecule has 0 bridgehead atoms. The summed E-state index contributed by atoms with van der Waals surface area (Å²) in [7, 11) is -1.07. The van der Waals surface area contributed by atoms with E-state index in [0.717, 1.165) is 44.9 Å². The Hall–Kier alpha value is -0.0900. The number of hydrogen-bond acceptors (Lipinski definition) is 4. The molecule has 2 rings (SSSR count). The van der Waals surface area contributed by atoms with Crippen molar-refractivity contribution >= 4 is 39.8 Å². The van der Waals surface area contributed by atoms with Crippen LogP contribution in [0.25, 0.3) is 0 Å². The van der Waals surface area contributed by atoms with Crippen molar-refractivity contribution in [1.82, 2.24) is 10.2 Å². The van der Waals surface area contributed by atoms with Crippen LogP contribution in [0.1, 0.15) is 40.0 Å². The van der Waals surface area contributed by atoms with Gasteiger partial charge >= 0.3 is 0 Å². The molecule has 25 heavy (non-hydrogen) atoms. The molecule has 2 fully saturated rings. The number of hydrogen-bond donors (Lipinski definition) is 1. The smallest absolute Gasteiger partial charge is 0.194 e. The summed E-state index contributed by atoms with van der Waals surface area (Å²) in [6.07, 6.45) is 2.90. The lowest BCUT2D eigenvalue weighted by molar-refractivity contribution is 0.0497. The van der Waals surface area contributed by atoms with Crippen molar-refractivity contribution in [2.75, 3.05) is 44.9 Å². The fourth-order valence-electron chi connectivity index (χ4n) is 3.48. The predicted octanol–water partition coefficient (Wildman–Crippen LogP) is 2.14. The highest BCUT2D eigenvalue weighted by molar-refractivity contribution is 14.0. The second kappa shape index (κ2) is 9.73. The lowest BCUT2D eigenvalue weighted by Gasteiger charge is -2.40. The largest absolute Gasteiger partial charge is 0.384 e. The molecule has 6 nitrogen and oxygen atoms in total. The van der Waals surface area contributed by atoms with Crippen LogP contribution in [-0.4, -0.2) is 70.2 Å². The quantitative estimate of drug-likeness (QED) is 0.366. The van der Waals surface area contributed by atoms with Crippen molar-refractivity contribution in [3.63, 3.8) is 0 Å². The zero-order chi connectivity index (χ0) is 17.8. The second-order valence-corrected chi connectivity index (χ2v) is 10.2. The minimum Gasteiger partial charge on any atom is -0.384 e. The molecule has 0 aromatic rings. The summed E-state index contributed by atoms with van der Waals surface area (Å²) in [4.78, 5) is 7.07. The first kappa shape index (κ1) is 23.0. The Labute approximate surface area is 170 Å². The Morgan fingerprint density at radius 3 is 2.48 bits per heavy atom. The van der Waals surface area contributed by atoms with E-state index in [1.807, 2.05) is 0 Å². The van der Waals surface area contributed by atoms with Gasteiger partial charge in [0.05, 0.1) is 18.1 Å². The summed E-state index contributed by atoms with van der Waals surface area (Å²) in [5.41, 5.74) is 0.244. The number of ether oxygens (including phenoxy) is 1. The highest BCUT2D eigenvalue weighted by Crippen LogP contribution is 2.31. The van der Waals surface area contributed by atoms with Gasteiger partial charge in [0.25, 0.3) is 0 Å². The van der Waals surface area contributed by atoms with E-state index in [-0.39, 0.29) is 41.1 Å². The van der Waals surface area contributed by atoms with Crippen molar-refractivity contribution < 1.29 is 13.2 Å². The molecule has 2 aliphatic rings. The topological polar surface area (TPSA) is 71.0 Å². The number of methoxy groups -OCH3 is 1. The number of rotatable bonds is 5. The maximum Gasteiger partial charge on any atom is 0.194 e. The maximum absolute atomic E-state index is 11.6. The minimum absolute atomic E-state index is 0. The average molecular weight is 487 g/mol. The fraction of sp³-hybridized carbons (Fsp3) is 0.941. The molecule has 2 aliphatic heterocycles. The van der Waals surface area contributed by atoms with Crippen LogP contribution in [-0.2, 0) is 14.6 Å². The summed E-state index contributed by atoms with van der Waals surface area (Å²) in [5, 5.41) is 3.45. The molecule has 0 saturated carbocycles. The SMILES string of the molecule is COCC1(C)CCN(C(=NCC2CCS(=O)(=O)C2)NC(C)C)CC1.I. The van der Waals surface area contributed by atoms with E-state index in [0.29, 0.717) is 18.3 Å². The Kier molecular flexibility index (Phi) is 8.93. The van der Waals surface area contributed by atoms with E-state index in [4.69, 9.17) is 9.73 Å². The first-order valence-corrected chi connectivity index (χ1v) is 10.8. The van der Waals surface area contributed by atoms with Crippen molar-refractivity contribution in [1.29, 1.82) is 0 Å². The van der Waals surface area contributed by atoms with Crippen molar-refractivity contribution in [3.8, 4) is 0 Å². The molecule has 0 spiro atoms. The summed E-state index contributed by atoms with van der Waals surface area (Å²) >= 11 is 0. The summed E-state index contributed by atoms with van der Waals surface area (Å²) in [5.74, 6) is 1.70. The number of aliphatic imine (C=N–C) groups is 1. The van der Waals surface area contributed by atoms with Crippen LogP contribution in [0.4, 0.5) is 0 Å². The van der Waals surface area contributed by atoms with Gasteiger partial charge in [-0.25, -0.2) is 8.42 Å². The molecule has 2 saturated heterocycles. The van der Waals surface area contributed by atoms with Gasteiger partial charge in [-0.1, -0.05) is 6.92 Å². The number of likely N-dealkylation sites (tertiary alicyclic amines) is 1. The maximum atomic E-state index is 11.6. The molecule has 0 radical (unpaired) electrons. The standard InChI is InChI=1S/C17H33N3O3S.HI/c1-14(2)19-16(18-11-15-5-10-24(21,22)12-15)20-8-6-17(3,7-9-20)13-23-4;/h14-15H,5-13H2,1-4H3,(H,18,19);1H. The van der Waals surface area contributed by atoms with Gasteiger partial charge in [0.2, 0.25) is 0 Å². The van der Waals surface area contributed by atoms with E-state index in [1.54, 1.807) is 7.11 Å². The first-order chi connectivity index (χ1) is 11.2. The zero-order valence-electron chi connectivity index (χ0n) is 16.0. The van der Waals surface area contributed by atoms with Gasteiger partial charge in [-0.05, 0) is 44.4 Å². The normalized spacial score (nSPS) is 25.7. The number of nitrogens with zero attached hydrogens (tertiary/aromatic N) is 2. The minimum atomic E-state index is -2.83. The lowest BCUT2D eigenvalue weighted by Crippen LogP contribution is -2.50. The van der Waals surface area contributed by atoms with E-state index >= 15 is 0 Å². The molecule has 1 N–H and O–H groups in total. The average Bonchev–Trinajstić information content (AvgIpc) is 2.83. The zero-order valence-corrected chi connectivity index (χ0v) is 19.1. The number of guanidine groups is 1. The molecule has 1 unspecified atom stereocenters. The third-order valence-corrected chi connectivity index (χ3v) is 6.84. The van der Waals surface area contributed by atoms with Gasteiger partial charge in [0.15, 0.2) is 15.8 Å². The highest BCUT2D eigenvalue weighted by Gasteiger charge is 2.32. The number of nitrogens with one attached hydrogen (secondary N) is 1. The number of halogens is 1. The van der Waals surface area contributed by atoms with Gasteiger partial charge in [-0.2, -0.15) is 0 Å². The van der Waals surface area contributed by atoms with Gasteiger partial charge < -0.3 is 15.0 Å². The molecule has 0 aromatic heterocycles. The van der Waals surface area contributed by atoms with E-state index in [9.17, 15) is 8.42 Å². The molecule has 0 amide bonds. The van der Waals surface area contributed by atoms with E-state index in [2.05, 4.69) is 31.0 Å². The predicted molar refractivity (Wildman–Crippen MR) is 114 cm³/mol. The third-order valence-electron chi connectivity index (χ3n) is 5.01. The molecule has 0 aliphatic carbocycles. The summed E-state index contributed by atoms with van der Waals surface area (Å²) in [6.45, 7) is 9.81. The second-order valence-electron chi connectivity index (χ2n) is 7.96. The first-order valence-electron chi connectivity index (χ1n) is 8.98. The van der Waals surface area contributed by atoms with Crippen molar-refractivity contribution in [2.45, 2.75) is 46.1 Å². The Balaban J connectivity index is 0.00000312. The van der Waals surface area contributed by atoms with Crippen molar-refractivity contribution in [2.24, 2.45) is 16.3 Å². The van der Waals surface area contributed by atoms with Crippen LogP contribution >= 0.6 is 24.0 Å². The monoisotopic (exact) mass is 487 g/mol. The molecular weight excluding hydrogens is 453 g/mol. The van der Waals surface area contributed by atoms with Crippen LogP contribution in [0.15, 0.2) is 4.99 Å². The van der Waals surface area contributed by atoms with Gasteiger partial charge in [-0.15, -0.1) is 24.0 Å². The van der Waals surface area contributed by atoms with Crippen LogP contribution in [0.3, 0.4) is 0 Å². The Bertz CT molecular complexity index is 543. The molecule has 148 valence electrons. The summed E-state index contributed by atoms with van der Waals surface area (Å²) in [6, 6.07) is 0.309. The Morgan fingerprint density at radius 2 is 2.00 bits per heavy atom. The van der Waals surface area contributed by atoms with Crippen LogP contribution in [0, 0.1) is 11.3 Å². The van der Waals surface area contributed by atoms with Gasteiger partial charge in [-0.3, -0.25) is 4.99 Å². The fourth-order valence-corrected chi connectivity index (χ4v) is 5.33. The molecule has 0 aromatic carbocycles. The van der Waals surface area contributed by atoms with Gasteiger partial charge in [0, 0.05) is 32.8 Å². The van der Waals surface area contributed by atoms with Gasteiger partial charge in [0.1, 0.15) is 0 Å². The number of piperidine rings is 1. The van der Waals surface area contributed by atoms with Crippen LogP contribution in [0.5, 0.6) is 0 Å². The lowest BCUT2D eigenvalue weighted by atomic mass is 9.81. The number of sulfone groups is 1. The summed E-state index contributed by atoms with van der Waals surface area (Å²) < 4.78 is 28.6. The van der Waals surface area contributed by atoms with Crippen molar-refractivity contribution in [3.05, 3.63) is 0 Å². The Morgan fingerprint density at radius 1 is 1.36 bits per heavy atom. The van der Waals surface area contributed by atoms with E-state index < -0.39 is 9.84 Å². The molecule has 2 heterocycles. The van der Waals surface area contributed by atoms with E-state index in [1.165, 1.54) is 0 Å². The molecule has 8 heteroatoms.